The molecule has 1 fully saturated rings. The fourth-order valence-electron chi connectivity index (χ4n) is 3.26. The van der Waals surface area contributed by atoms with E-state index in [1.165, 1.54) is 0 Å². The van der Waals surface area contributed by atoms with Crippen LogP contribution in [0.3, 0.4) is 0 Å². The van der Waals surface area contributed by atoms with E-state index in [2.05, 4.69) is 4.72 Å². The molecule has 0 aromatic heterocycles. The van der Waals surface area contributed by atoms with Gasteiger partial charge in [-0.1, -0.05) is 43.2 Å². The van der Waals surface area contributed by atoms with Gasteiger partial charge >= 0.3 is 0 Å². The van der Waals surface area contributed by atoms with Gasteiger partial charge < -0.3 is 4.74 Å². The first-order valence-electron chi connectivity index (χ1n) is 7.79. The standard InChI is InChI=1S/C18H21NO3S/c1-22-16-9-11-17(12-10-16)23(20,21)19-18(13-5-6-14-18)15-7-3-2-4-8-15/h2-4,7-12,19H,5-6,13-14H2,1H3. The predicted octanol–water partition coefficient (Wildman–Crippen LogP) is 3.44. The molecule has 0 aliphatic heterocycles. The van der Waals surface area contributed by atoms with Crippen molar-refractivity contribution in [2.24, 2.45) is 0 Å². The molecule has 0 unspecified atom stereocenters. The number of sulfonamides is 1. The first-order chi connectivity index (χ1) is 11.1. The molecule has 0 saturated heterocycles. The maximum atomic E-state index is 12.8. The number of hydrogen-bond donors (Lipinski definition) is 1. The molecule has 0 heterocycles. The Morgan fingerprint density at radius 3 is 2.13 bits per heavy atom. The molecule has 122 valence electrons. The number of hydrogen-bond acceptors (Lipinski definition) is 3. The van der Waals surface area contributed by atoms with Crippen molar-refractivity contribution in [3.63, 3.8) is 0 Å². The van der Waals surface area contributed by atoms with Crippen LogP contribution in [-0.2, 0) is 15.6 Å². The molecular weight excluding hydrogens is 310 g/mol. The molecule has 3 rings (SSSR count). The first-order valence-corrected chi connectivity index (χ1v) is 9.28. The smallest absolute Gasteiger partial charge is 0.241 e. The minimum Gasteiger partial charge on any atom is -0.497 e. The van der Waals surface area contributed by atoms with Crippen molar-refractivity contribution < 1.29 is 13.2 Å². The number of nitrogens with one attached hydrogen (secondary N) is 1. The third kappa shape index (κ3) is 3.26. The summed E-state index contributed by atoms with van der Waals surface area (Å²) in [6, 6.07) is 16.3. The fourth-order valence-corrected chi connectivity index (χ4v) is 4.71. The second kappa shape index (κ2) is 6.34. The lowest BCUT2D eigenvalue weighted by Crippen LogP contribution is -2.43. The van der Waals surface area contributed by atoms with E-state index in [-0.39, 0.29) is 4.90 Å². The highest BCUT2D eigenvalue weighted by molar-refractivity contribution is 7.89. The molecule has 4 nitrogen and oxygen atoms in total. The van der Waals surface area contributed by atoms with Gasteiger partial charge in [-0.3, -0.25) is 0 Å². The molecule has 5 heteroatoms. The van der Waals surface area contributed by atoms with Gasteiger partial charge in [0.2, 0.25) is 10.0 Å². The fraction of sp³-hybridized carbons (Fsp3) is 0.333. The van der Waals surface area contributed by atoms with Crippen LogP contribution in [0.1, 0.15) is 31.2 Å². The van der Waals surface area contributed by atoms with E-state index in [1.54, 1.807) is 31.4 Å². The van der Waals surface area contributed by atoms with Crippen LogP contribution in [-0.4, -0.2) is 15.5 Å². The third-order valence-electron chi connectivity index (χ3n) is 4.48. The summed E-state index contributed by atoms with van der Waals surface area (Å²) in [5.41, 5.74) is 0.537. The highest BCUT2D eigenvalue weighted by atomic mass is 32.2. The Balaban J connectivity index is 1.93. The van der Waals surface area contributed by atoms with Crippen molar-refractivity contribution in [2.75, 3.05) is 7.11 Å². The molecule has 1 aliphatic carbocycles. The average molecular weight is 331 g/mol. The summed E-state index contributed by atoms with van der Waals surface area (Å²) < 4.78 is 33.7. The van der Waals surface area contributed by atoms with Crippen molar-refractivity contribution in [2.45, 2.75) is 36.1 Å². The Kier molecular flexibility index (Phi) is 4.41. The van der Waals surface area contributed by atoms with E-state index in [9.17, 15) is 8.42 Å². The highest BCUT2D eigenvalue weighted by Crippen LogP contribution is 2.39. The summed E-state index contributed by atoms with van der Waals surface area (Å²) in [5.74, 6) is 0.641. The normalized spacial score (nSPS) is 17.1. The molecule has 23 heavy (non-hydrogen) atoms. The molecule has 2 aromatic rings. The summed E-state index contributed by atoms with van der Waals surface area (Å²) in [6.07, 6.45) is 3.71. The molecule has 0 radical (unpaired) electrons. The monoisotopic (exact) mass is 331 g/mol. The summed E-state index contributed by atoms with van der Waals surface area (Å²) in [7, 11) is -2.02. The van der Waals surface area contributed by atoms with Crippen LogP contribution in [0.5, 0.6) is 5.75 Å². The molecule has 2 aromatic carbocycles. The van der Waals surface area contributed by atoms with Crippen LogP contribution in [0.2, 0.25) is 0 Å². The lowest BCUT2D eigenvalue weighted by atomic mass is 9.89. The molecule has 0 amide bonds. The lowest BCUT2D eigenvalue weighted by molar-refractivity contribution is 0.404. The second-order valence-electron chi connectivity index (χ2n) is 5.94. The van der Waals surface area contributed by atoms with Gasteiger partial charge in [-0.25, -0.2) is 13.1 Å². The van der Waals surface area contributed by atoms with Crippen molar-refractivity contribution in [3.8, 4) is 5.75 Å². The Morgan fingerprint density at radius 2 is 1.57 bits per heavy atom. The maximum Gasteiger partial charge on any atom is 0.241 e. The number of rotatable bonds is 5. The van der Waals surface area contributed by atoms with Crippen LogP contribution >= 0.6 is 0 Å². The van der Waals surface area contributed by atoms with Gasteiger partial charge in [0, 0.05) is 0 Å². The van der Waals surface area contributed by atoms with Crippen molar-refractivity contribution in [3.05, 3.63) is 60.2 Å². The van der Waals surface area contributed by atoms with E-state index in [1.807, 2.05) is 30.3 Å². The minimum absolute atomic E-state index is 0.264. The Hall–Kier alpha value is -1.85. The molecule has 0 spiro atoms. The molecular formula is C18H21NO3S. The zero-order chi connectivity index (χ0) is 16.3. The van der Waals surface area contributed by atoms with E-state index in [4.69, 9.17) is 4.74 Å². The van der Waals surface area contributed by atoms with Crippen molar-refractivity contribution in [1.29, 1.82) is 0 Å². The number of benzene rings is 2. The predicted molar refractivity (Wildman–Crippen MR) is 89.9 cm³/mol. The van der Waals surface area contributed by atoms with Gasteiger partial charge in [0.05, 0.1) is 17.5 Å². The Bertz CT molecular complexity index is 749. The quantitative estimate of drug-likeness (QED) is 0.913. The number of methoxy groups -OCH3 is 1. The zero-order valence-corrected chi connectivity index (χ0v) is 14.0. The van der Waals surface area contributed by atoms with E-state index in [0.29, 0.717) is 5.75 Å². The first kappa shape index (κ1) is 16.0. The topological polar surface area (TPSA) is 55.4 Å². The second-order valence-corrected chi connectivity index (χ2v) is 7.62. The Morgan fingerprint density at radius 1 is 0.957 bits per heavy atom. The molecule has 1 saturated carbocycles. The Labute approximate surface area is 137 Å². The van der Waals surface area contributed by atoms with E-state index in [0.717, 1.165) is 31.2 Å². The van der Waals surface area contributed by atoms with Crippen molar-refractivity contribution in [1.82, 2.24) is 4.72 Å². The van der Waals surface area contributed by atoms with Crippen LogP contribution < -0.4 is 9.46 Å². The van der Waals surface area contributed by atoms with Crippen molar-refractivity contribution >= 4 is 10.0 Å². The largest absolute Gasteiger partial charge is 0.497 e. The zero-order valence-electron chi connectivity index (χ0n) is 13.2. The molecule has 0 atom stereocenters. The maximum absolute atomic E-state index is 12.8. The van der Waals surface area contributed by atoms with Gasteiger partial charge in [-0.15, -0.1) is 0 Å². The van der Waals surface area contributed by atoms with Gasteiger partial charge in [0.25, 0.3) is 0 Å². The van der Waals surface area contributed by atoms with Crippen LogP contribution in [0.4, 0.5) is 0 Å². The minimum atomic E-state index is -3.58. The van der Waals surface area contributed by atoms with E-state index >= 15 is 0 Å². The van der Waals surface area contributed by atoms with Crippen LogP contribution in [0, 0.1) is 0 Å². The molecule has 1 N–H and O–H groups in total. The summed E-state index contributed by atoms with van der Waals surface area (Å²) >= 11 is 0. The average Bonchev–Trinajstić information content (AvgIpc) is 3.05. The molecule has 1 aliphatic rings. The molecule has 0 bridgehead atoms. The summed E-state index contributed by atoms with van der Waals surface area (Å²) in [4.78, 5) is 0.264. The summed E-state index contributed by atoms with van der Waals surface area (Å²) in [5, 5.41) is 0. The van der Waals surface area contributed by atoms with Crippen LogP contribution in [0.15, 0.2) is 59.5 Å². The van der Waals surface area contributed by atoms with Gasteiger partial charge in [0.1, 0.15) is 5.75 Å². The van der Waals surface area contributed by atoms with Gasteiger partial charge in [-0.2, -0.15) is 0 Å². The SMILES string of the molecule is COc1ccc(S(=O)(=O)NC2(c3ccccc3)CCCC2)cc1. The highest BCUT2D eigenvalue weighted by Gasteiger charge is 2.39. The summed E-state index contributed by atoms with van der Waals surface area (Å²) in [6.45, 7) is 0. The van der Waals surface area contributed by atoms with E-state index < -0.39 is 15.6 Å². The lowest BCUT2D eigenvalue weighted by Gasteiger charge is -2.30. The van der Waals surface area contributed by atoms with Gasteiger partial charge in [-0.05, 0) is 42.7 Å². The number of ether oxygens (including phenoxy) is 1. The third-order valence-corrected chi connectivity index (χ3v) is 6.04. The van der Waals surface area contributed by atoms with Crippen LogP contribution in [0.25, 0.3) is 0 Å². The van der Waals surface area contributed by atoms with Gasteiger partial charge in [0.15, 0.2) is 0 Å².